The SMILES string of the molecule is Cc1nc2c3c(c(NC(=O)c4cc(F)cc(C(F)(F)F)c4)cc2s1)C(c1cc(F)ccc1C)NC3=O. The van der Waals surface area contributed by atoms with Crippen LogP contribution in [0.2, 0.25) is 0 Å². The lowest BCUT2D eigenvalue weighted by atomic mass is 9.93. The molecule has 0 spiro atoms. The Labute approximate surface area is 205 Å². The summed E-state index contributed by atoms with van der Waals surface area (Å²) in [5.41, 5.74) is 0.239. The lowest BCUT2D eigenvalue weighted by molar-refractivity contribution is -0.137. The first-order valence-electron chi connectivity index (χ1n) is 10.6. The summed E-state index contributed by atoms with van der Waals surface area (Å²) in [7, 11) is 0. The summed E-state index contributed by atoms with van der Waals surface area (Å²) in [6.45, 7) is 3.47. The summed E-state index contributed by atoms with van der Waals surface area (Å²) in [5, 5.41) is 5.98. The van der Waals surface area contributed by atoms with Gasteiger partial charge in [-0.05, 0) is 61.4 Å². The van der Waals surface area contributed by atoms with E-state index in [0.717, 1.165) is 0 Å². The number of amides is 2. The van der Waals surface area contributed by atoms with Gasteiger partial charge in [0.1, 0.15) is 11.6 Å². The van der Waals surface area contributed by atoms with E-state index in [9.17, 15) is 31.5 Å². The first-order valence-corrected chi connectivity index (χ1v) is 11.4. The highest BCUT2D eigenvalue weighted by atomic mass is 32.1. The number of aromatic nitrogens is 1. The second-order valence-corrected chi connectivity index (χ2v) is 9.62. The Bertz CT molecular complexity index is 1580. The normalized spacial score (nSPS) is 15.2. The van der Waals surface area contributed by atoms with Crippen LogP contribution in [0.1, 0.15) is 54.0 Å². The molecular formula is C25H16F5N3O2S. The van der Waals surface area contributed by atoms with Gasteiger partial charge in [-0.25, -0.2) is 13.8 Å². The Kier molecular flexibility index (Phi) is 5.55. The number of thiazole rings is 1. The van der Waals surface area contributed by atoms with Gasteiger partial charge in [0.15, 0.2) is 0 Å². The van der Waals surface area contributed by atoms with Crippen LogP contribution in [0.3, 0.4) is 0 Å². The summed E-state index contributed by atoms with van der Waals surface area (Å²) in [6, 6.07) is 6.32. The first kappa shape index (κ1) is 23.9. The fraction of sp³-hybridized carbons (Fsp3) is 0.160. The van der Waals surface area contributed by atoms with Gasteiger partial charge >= 0.3 is 6.18 Å². The van der Waals surface area contributed by atoms with Crippen LogP contribution >= 0.6 is 11.3 Å². The number of carbonyl (C=O) groups excluding carboxylic acids is 2. The van der Waals surface area contributed by atoms with Crippen molar-refractivity contribution in [1.82, 2.24) is 10.3 Å². The third-order valence-electron chi connectivity index (χ3n) is 5.91. The van der Waals surface area contributed by atoms with Crippen molar-refractivity contribution in [2.75, 3.05) is 5.32 Å². The molecule has 0 aliphatic carbocycles. The molecule has 0 radical (unpaired) electrons. The fourth-order valence-corrected chi connectivity index (χ4v) is 5.21. The molecule has 1 aromatic heterocycles. The largest absolute Gasteiger partial charge is 0.416 e. The molecule has 2 heterocycles. The summed E-state index contributed by atoms with van der Waals surface area (Å²) in [5.74, 6) is -3.25. The molecule has 184 valence electrons. The van der Waals surface area contributed by atoms with E-state index < -0.39 is 46.8 Å². The maximum Gasteiger partial charge on any atom is 0.416 e. The molecule has 1 aliphatic heterocycles. The number of halogens is 5. The van der Waals surface area contributed by atoms with Crippen molar-refractivity contribution in [2.24, 2.45) is 0 Å². The summed E-state index contributed by atoms with van der Waals surface area (Å²) in [6.07, 6.45) is -4.85. The Hall–Kier alpha value is -3.86. The molecule has 36 heavy (non-hydrogen) atoms. The van der Waals surface area contributed by atoms with Crippen LogP contribution in [0.5, 0.6) is 0 Å². The molecule has 5 rings (SSSR count). The van der Waals surface area contributed by atoms with Gasteiger partial charge < -0.3 is 10.6 Å². The molecule has 5 nitrogen and oxygen atoms in total. The molecule has 2 N–H and O–H groups in total. The van der Waals surface area contributed by atoms with Gasteiger partial charge in [-0.15, -0.1) is 11.3 Å². The van der Waals surface area contributed by atoms with Crippen molar-refractivity contribution in [2.45, 2.75) is 26.1 Å². The summed E-state index contributed by atoms with van der Waals surface area (Å²) >= 11 is 1.26. The number of fused-ring (bicyclic) bond motifs is 3. The number of nitrogens with one attached hydrogen (secondary N) is 2. The summed E-state index contributed by atoms with van der Waals surface area (Å²) in [4.78, 5) is 30.5. The molecule has 0 saturated heterocycles. The van der Waals surface area contributed by atoms with E-state index in [0.29, 0.717) is 50.1 Å². The van der Waals surface area contributed by atoms with Crippen LogP contribution in [0.15, 0.2) is 42.5 Å². The second kappa shape index (κ2) is 8.37. The molecule has 1 atom stereocenters. The van der Waals surface area contributed by atoms with Gasteiger partial charge in [0.25, 0.3) is 11.8 Å². The number of carbonyl (C=O) groups is 2. The Morgan fingerprint density at radius 2 is 1.81 bits per heavy atom. The molecule has 4 aromatic rings. The fourth-order valence-electron chi connectivity index (χ4n) is 4.33. The van der Waals surface area contributed by atoms with Gasteiger partial charge in [0.2, 0.25) is 0 Å². The van der Waals surface area contributed by atoms with Crippen LogP contribution in [0.4, 0.5) is 27.6 Å². The van der Waals surface area contributed by atoms with Gasteiger partial charge in [0, 0.05) is 16.8 Å². The maximum atomic E-state index is 14.1. The smallest absolute Gasteiger partial charge is 0.341 e. The number of rotatable bonds is 3. The lowest BCUT2D eigenvalue weighted by Crippen LogP contribution is -2.21. The van der Waals surface area contributed by atoms with Crippen LogP contribution < -0.4 is 10.6 Å². The zero-order valence-corrected chi connectivity index (χ0v) is 19.5. The minimum absolute atomic E-state index is 0.121. The van der Waals surface area contributed by atoms with E-state index in [1.807, 2.05) is 0 Å². The highest BCUT2D eigenvalue weighted by Crippen LogP contribution is 2.43. The number of anilines is 1. The van der Waals surface area contributed by atoms with Gasteiger partial charge in [-0.1, -0.05) is 6.07 Å². The second-order valence-electron chi connectivity index (χ2n) is 8.38. The van der Waals surface area contributed by atoms with Crippen molar-refractivity contribution in [3.05, 3.63) is 92.5 Å². The topological polar surface area (TPSA) is 71.1 Å². The average Bonchev–Trinajstić information content (AvgIpc) is 3.33. The quantitative estimate of drug-likeness (QED) is 0.314. The zero-order valence-electron chi connectivity index (χ0n) is 18.7. The van der Waals surface area contributed by atoms with Gasteiger partial charge in [-0.3, -0.25) is 9.59 Å². The number of nitrogens with zero attached hydrogens (tertiary/aromatic N) is 1. The lowest BCUT2D eigenvalue weighted by Gasteiger charge is -2.19. The number of alkyl halides is 3. The standard InChI is InChI=1S/C25H16F5N3O2S/c1-10-3-4-14(26)8-16(10)21-19-17(9-18-22(31-11(2)36-18)20(19)24(35)33-21)32-23(34)12-5-13(25(28,29)30)7-15(27)6-12/h3-9,21H,1-2H3,(H,32,34)(H,33,35). The van der Waals surface area contributed by atoms with E-state index in [1.165, 1.54) is 23.5 Å². The Morgan fingerprint density at radius 3 is 2.53 bits per heavy atom. The number of aryl methyl sites for hydroxylation is 2. The van der Waals surface area contributed by atoms with Gasteiger partial charge in [-0.2, -0.15) is 13.2 Å². The van der Waals surface area contributed by atoms with Crippen molar-refractivity contribution in [1.29, 1.82) is 0 Å². The number of hydrogen-bond donors (Lipinski definition) is 2. The molecule has 0 bridgehead atoms. The van der Waals surface area contributed by atoms with Crippen LogP contribution in [-0.4, -0.2) is 16.8 Å². The van der Waals surface area contributed by atoms with Crippen LogP contribution in [0, 0.1) is 25.5 Å². The minimum atomic E-state index is -4.85. The van der Waals surface area contributed by atoms with Crippen molar-refractivity contribution >= 4 is 39.1 Å². The zero-order chi connectivity index (χ0) is 25.9. The molecule has 0 fully saturated rings. The third-order valence-corrected chi connectivity index (χ3v) is 6.83. The Balaban J connectivity index is 1.67. The molecular weight excluding hydrogens is 501 g/mol. The molecule has 0 saturated carbocycles. The van der Waals surface area contributed by atoms with E-state index in [2.05, 4.69) is 15.6 Å². The predicted molar refractivity (Wildman–Crippen MR) is 124 cm³/mol. The monoisotopic (exact) mass is 517 g/mol. The minimum Gasteiger partial charge on any atom is -0.341 e. The molecule has 1 unspecified atom stereocenters. The third kappa shape index (κ3) is 4.09. The molecule has 11 heteroatoms. The van der Waals surface area contributed by atoms with E-state index in [-0.39, 0.29) is 11.3 Å². The average molecular weight is 517 g/mol. The van der Waals surface area contributed by atoms with E-state index >= 15 is 0 Å². The number of hydrogen-bond acceptors (Lipinski definition) is 4. The number of benzene rings is 3. The van der Waals surface area contributed by atoms with E-state index in [4.69, 9.17) is 0 Å². The van der Waals surface area contributed by atoms with E-state index in [1.54, 1.807) is 26.0 Å². The molecule has 3 aromatic carbocycles. The highest BCUT2D eigenvalue weighted by molar-refractivity contribution is 7.18. The van der Waals surface area contributed by atoms with Crippen LogP contribution in [-0.2, 0) is 6.18 Å². The molecule has 2 amide bonds. The summed E-state index contributed by atoms with van der Waals surface area (Å²) < 4.78 is 68.1. The highest BCUT2D eigenvalue weighted by Gasteiger charge is 2.37. The first-order chi connectivity index (χ1) is 16.9. The van der Waals surface area contributed by atoms with Crippen molar-refractivity contribution in [3.63, 3.8) is 0 Å². The van der Waals surface area contributed by atoms with Gasteiger partial charge in [0.05, 0.1) is 32.4 Å². The maximum absolute atomic E-state index is 14.1. The molecule has 1 aliphatic rings. The van der Waals surface area contributed by atoms with Crippen molar-refractivity contribution in [3.8, 4) is 0 Å². The van der Waals surface area contributed by atoms with Crippen molar-refractivity contribution < 1.29 is 31.5 Å². The predicted octanol–water partition coefficient (Wildman–Crippen LogP) is 6.30. The Morgan fingerprint density at radius 1 is 1.06 bits per heavy atom. The van der Waals surface area contributed by atoms with Crippen LogP contribution in [0.25, 0.3) is 10.2 Å².